The number of carbonyl (C=O) groups excluding carboxylic acids is 1. The van der Waals surface area contributed by atoms with Crippen LogP contribution in [0.1, 0.15) is 49.3 Å². The molecule has 2 heterocycles. The Bertz CT molecular complexity index is 1170. The number of H-pyrrole nitrogens is 1. The van der Waals surface area contributed by atoms with E-state index in [1.165, 1.54) is 4.68 Å². The number of aryl methyl sites for hydroxylation is 2. The van der Waals surface area contributed by atoms with Gasteiger partial charge in [0.2, 0.25) is 0 Å². The smallest absolute Gasteiger partial charge is 0.327 e. The number of aromatic nitrogens is 5. The molecular formula is C23H32N6O4. The third-order valence-electron chi connectivity index (χ3n) is 5.73. The summed E-state index contributed by atoms with van der Waals surface area (Å²) >= 11 is 0. The molecule has 2 N–H and O–H groups in total. The van der Waals surface area contributed by atoms with Gasteiger partial charge in [-0.15, -0.1) is 5.10 Å². The van der Waals surface area contributed by atoms with Crippen LogP contribution in [-0.2, 0) is 22.6 Å². The van der Waals surface area contributed by atoms with Gasteiger partial charge < -0.3 is 14.8 Å². The summed E-state index contributed by atoms with van der Waals surface area (Å²) in [6, 6.07) is 5.59. The minimum absolute atomic E-state index is 0.0351. The second-order valence-electron chi connectivity index (χ2n) is 8.53. The van der Waals surface area contributed by atoms with Crippen LogP contribution in [-0.4, -0.2) is 60.9 Å². The van der Waals surface area contributed by atoms with Crippen LogP contribution < -0.4 is 5.56 Å². The Labute approximate surface area is 192 Å². The van der Waals surface area contributed by atoms with Crippen molar-refractivity contribution in [3.63, 3.8) is 0 Å². The molecule has 10 nitrogen and oxygen atoms in total. The number of nitrogens with zero attached hydrogens (tertiary/aromatic N) is 5. The second kappa shape index (κ2) is 10.7. The molecule has 0 spiro atoms. The Morgan fingerprint density at radius 3 is 2.64 bits per heavy atom. The Hall–Kier alpha value is -3.11. The average Bonchev–Trinajstić information content (AvgIpc) is 3.17. The molecule has 0 radical (unpaired) electrons. The Kier molecular flexibility index (Phi) is 7.93. The highest BCUT2D eigenvalue weighted by Crippen LogP contribution is 2.28. The molecular weight excluding hydrogens is 424 g/mol. The number of aliphatic hydroxyl groups is 1. The molecule has 0 amide bonds. The number of rotatable bonds is 10. The number of ether oxygens (including phenoxy) is 1. The van der Waals surface area contributed by atoms with Crippen molar-refractivity contribution in [3.8, 4) is 0 Å². The molecule has 0 saturated heterocycles. The third kappa shape index (κ3) is 5.63. The van der Waals surface area contributed by atoms with Crippen molar-refractivity contribution in [2.45, 2.75) is 53.8 Å². The molecule has 10 heteroatoms. The first kappa shape index (κ1) is 24.5. The Morgan fingerprint density at radius 1 is 1.24 bits per heavy atom. The largest absolute Gasteiger partial charge is 0.465 e. The standard InChI is InChI=1S/C23H32N6O4/c1-6-33-20(31)13-29-22(25-26-27-29)21(14(2)3)28(7-8-30)12-18-11-17-9-15(4)16(5)10-19(17)24-23(18)32/h9-11,14,21,30H,6-8,12-13H2,1-5H3,(H,24,32). The summed E-state index contributed by atoms with van der Waals surface area (Å²) in [4.78, 5) is 29.9. The van der Waals surface area contributed by atoms with E-state index in [1.54, 1.807) is 6.92 Å². The van der Waals surface area contributed by atoms with Gasteiger partial charge in [0.05, 0.1) is 19.3 Å². The summed E-state index contributed by atoms with van der Waals surface area (Å²) in [7, 11) is 0. The Morgan fingerprint density at radius 2 is 1.97 bits per heavy atom. The summed E-state index contributed by atoms with van der Waals surface area (Å²) < 4.78 is 6.45. The molecule has 0 aliphatic rings. The van der Waals surface area contributed by atoms with Crippen LogP contribution in [0.15, 0.2) is 23.0 Å². The lowest BCUT2D eigenvalue weighted by Gasteiger charge is -2.32. The molecule has 0 fully saturated rings. The summed E-state index contributed by atoms with van der Waals surface area (Å²) in [5.41, 5.74) is 3.45. The molecule has 33 heavy (non-hydrogen) atoms. The van der Waals surface area contributed by atoms with Crippen LogP contribution in [0.3, 0.4) is 0 Å². The first-order chi connectivity index (χ1) is 15.7. The van der Waals surface area contributed by atoms with Gasteiger partial charge in [-0.05, 0) is 71.8 Å². The minimum Gasteiger partial charge on any atom is -0.465 e. The zero-order chi connectivity index (χ0) is 24.1. The van der Waals surface area contributed by atoms with E-state index in [9.17, 15) is 14.7 Å². The van der Waals surface area contributed by atoms with Gasteiger partial charge in [-0.25, -0.2) is 4.68 Å². The van der Waals surface area contributed by atoms with Gasteiger partial charge in [0.25, 0.3) is 5.56 Å². The van der Waals surface area contributed by atoms with Crippen molar-refractivity contribution in [2.24, 2.45) is 5.92 Å². The van der Waals surface area contributed by atoms with Gasteiger partial charge in [0.15, 0.2) is 5.82 Å². The van der Waals surface area contributed by atoms with Crippen molar-refractivity contribution in [1.82, 2.24) is 30.1 Å². The fraction of sp³-hybridized carbons (Fsp3) is 0.522. The van der Waals surface area contributed by atoms with Gasteiger partial charge in [-0.2, -0.15) is 0 Å². The minimum atomic E-state index is -0.432. The Balaban J connectivity index is 1.98. The van der Waals surface area contributed by atoms with E-state index in [0.29, 0.717) is 17.9 Å². The molecule has 0 aliphatic carbocycles. The topological polar surface area (TPSA) is 126 Å². The molecule has 3 rings (SSSR count). The van der Waals surface area contributed by atoms with E-state index in [2.05, 4.69) is 26.6 Å². The summed E-state index contributed by atoms with van der Waals surface area (Å²) in [5.74, 6) is 0.0852. The van der Waals surface area contributed by atoms with Crippen molar-refractivity contribution in [3.05, 3.63) is 51.1 Å². The summed E-state index contributed by atoms with van der Waals surface area (Å²) in [5, 5.41) is 22.6. The highest BCUT2D eigenvalue weighted by molar-refractivity contribution is 5.80. The quantitative estimate of drug-likeness (QED) is 0.443. The number of benzene rings is 1. The van der Waals surface area contributed by atoms with E-state index < -0.39 is 5.97 Å². The van der Waals surface area contributed by atoms with Crippen LogP contribution in [0.2, 0.25) is 0 Å². The number of esters is 1. The maximum absolute atomic E-state index is 12.9. The van der Waals surface area contributed by atoms with E-state index in [0.717, 1.165) is 22.0 Å². The monoisotopic (exact) mass is 456 g/mol. The van der Waals surface area contributed by atoms with Crippen molar-refractivity contribution >= 4 is 16.9 Å². The maximum Gasteiger partial charge on any atom is 0.327 e. The zero-order valence-corrected chi connectivity index (χ0v) is 19.8. The first-order valence-corrected chi connectivity index (χ1v) is 11.1. The van der Waals surface area contributed by atoms with Gasteiger partial charge in [0.1, 0.15) is 6.54 Å². The molecule has 0 bridgehead atoms. The number of pyridine rings is 1. The number of hydrogen-bond acceptors (Lipinski definition) is 8. The molecule has 178 valence electrons. The predicted octanol–water partition coefficient (Wildman–Crippen LogP) is 1.89. The predicted molar refractivity (Wildman–Crippen MR) is 124 cm³/mol. The fourth-order valence-electron chi connectivity index (χ4n) is 4.05. The lowest BCUT2D eigenvalue weighted by Crippen LogP contribution is -2.37. The molecule has 0 aliphatic heterocycles. The van der Waals surface area contributed by atoms with Gasteiger partial charge >= 0.3 is 5.97 Å². The fourth-order valence-corrected chi connectivity index (χ4v) is 4.05. The van der Waals surface area contributed by atoms with E-state index in [1.807, 2.05) is 44.7 Å². The van der Waals surface area contributed by atoms with E-state index in [-0.39, 0.29) is 43.8 Å². The lowest BCUT2D eigenvalue weighted by molar-refractivity contribution is -0.144. The number of hydrogen-bond donors (Lipinski definition) is 2. The van der Waals surface area contributed by atoms with Crippen molar-refractivity contribution in [1.29, 1.82) is 0 Å². The van der Waals surface area contributed by atoms with Crippen molar-refractivity contribution < 1.29 is 14.6 Å². The summed E-state index contributed by atoms with van der Waals surface area (Å²) in [6.45, 7) is 10.5. The molecule has 1 atom stereocenters. The number of fused-ring (bicyclic) bond motifs is 1. The SMILES string of the molecule is CCOC(=O)Cn1nnnc1C(C(C)C)N(CCO)Cc1cc2cc(C)c(C)cc2[nH]c1=O. The van der Waals surface area contributed by atoms with Crippen LogP contribution >= 0.6 is 0 Å². The van der Waals surface area contributed by atoms with Crippen molar-refractivity contribution in [2.75, 3.05) is 19.8 Å². The number of nitrogens with one attached hydrogen (secondary N) is 1. The highest BCUT2D eigenvalue weighted by Gasteiger charge is 2.30. The van der Waals surface area contributed by atoms with Gasteiger partial charge in [-0.3, -0.25) is 14.5 Å². The maximum atomic E-state index is 12.9. The third-order valence-corrected chi connectivity index (χ3v) is 5.73. The normalized spacial score (nSPS) is 12.6. The van der Waals surface area contributed by atoms with E-state index in [4.69, 9.17) is 4.74 Å². The van der Waals surface area contributed by atoms with Gasteiger partial charge in [0, 0.05) is 24.2 Å². The number of carbonyl (C=O) groups is 1. The van der Waals surface area contributed by atoms with Crippen LogP contribution in [0.4, 0.5) is 0 Å². The summed E-state index contributed by atoms with van der Waals surface area (Å²) in [6.07, 6.45) is 0. The molecule has 0 saturated carbocycles. The highest BCUT2D eigenvalue weighted by atomic mass is 16.5. The van der Waals surface area contributed by atoms with Crippen LogP contribution in [0.5, 0.6) is 0 Å². The van der Waals surface area contributed by atoms with Crippen LogP contribution in [0, 0.1) is 19.8 Å². The number of aromatic amines is 1. The molecule has 3 aromatic rings. The zero-order valence-electron chi connectivity index (χ0n) is 19.8. The van der Waals surface area contributed by atoms with Crippen LogP contribution in [0.25, 0.3) is 10.9 Å². The lowest BCUT2D eigenvalue weighted by atomic mass is 10.00. The second-order valence-corrected chi connectivity index (χ2v) is 8.53. The molecule has 2 aromatic heterocycles. The number of aliphatic hydroxyl groups excluding tert-OH is 1. The van der Waals surface area contributed by atoms with E-state index >= 15 is 0 Å². The first-order valence-electron chi connectivity index (χ1n) is 11.1. The average molecular weight is 457 g/mol. The molecule has 1 aromatic carbocycles. The number of tetrazole rings is 1. The molecule has 1 unspecified atom stereocenters. The van der Waals surface area contributed by atoms with Gasteiger partial charge in [-0.1, -0.05) is 13.8 Å².